The summed E-state index contributed by atoms with van der Waals surface area (Å²) in [5, 5.41) is 2.96. The number of nitrogens with one attached hydrogen (secondary N) is 1. The van der Waals surface area contributed by atoms with Gasteiger partial charge in [0.2, 0.25) is 5.09 Å². The molecule has 6 heteroatoms. The largest absolute Gasteiger partial charge is 0.447 e. The molecule has 1 aliphatic rings. The van der Waals surface area contributed by atoms with Gasteiger partial charge < -0.3 is 9.73 Å². The third-order valence-corrected chi connectivity index (χ3v) is 5.32. The Morgan fingerprint density at radius 2 is 2.17 bits per heavy atom. The van der Waals surface area contributed by atoms with Crippen molar-refractivity contribution in [1.82, 2.24) is 9.62 Å². The van der Waals surface area contributed by atoms with E-state index in [1.807, 2.05) is 6.92 Å². The molecule has 0 aromatic carbocycles. The van der Waals surface area contributed by atoms with Gasteiger partial charge in [-0.15, -0.1) is 0 Å². The van der Waals surface area contributed by atoms with Crippen LogP contribution >= 0.6 is 0 Å². The van der Waals surface area contributed by atoms with Crippen molar-refractivity contribution in [3.63, 3.8) is 0 Å². The normalized spacial score (nSPS) is 18.2. The van der Waals surface area contributed by atoms with Gasteiger partial charge in [-0.1, -0.05) is 0 Å². The zero-order valence-corrected chi connectivity index (χ0v) is 11.8. The Labute approximate surface area is 108 Å². The molecule has 18 heavy (non-hydrogen) atoms. The summed E-state index contributed by atoms with van der Waals surface area (Å²) in [5.41, 5.74) is 0. The molecule has 0 spiro atoms. The van der Waals surface area contributed by atoms with E-state index < -0.39 is 10.0 Å². The second-order valence-corrected chi connectivity index (χ2v) is 6.78. The third kappa shape index (κ3) is 2.60. The number of nitrogens with zero attached hydrogens (tertiary/aromatic N) is 1. The summed E-state index contributed by atoms with van der Waals surface area (Å²) in [6, 6.07) is 3.25. The van der Waals surface area contributed by atoms with Crippen LogP contribution in [-0.2, 0) is 16.6 Å². The molecule has 0 bridgehead atoms. The summed E-state index contributed by atoms with van der Waals surface area (Å²) in [6.45, 7) is 2.48. The first-order valence-electron chi connectivity index (χ1n) is 6.18. The fourth-order valence-corrected chi connectivity index (χ4v) is 3.35. The fraction of sp³-hybridized carbons (Fsp3) is 0.667. The fourth-order valence-electron chi connectivity index (χ4n) is 2.00. The van der Waals surface area contributed by atoms with Crippen LogP contribution in [0.5, 0.6) is 0 Å². The Hall–Kier alpha value is -0.850. The Morgan fingerprint density at radius 3 is 2.72 bits per heavy atom. The lowest BCUT2D eigenvalue weighted by Gasteiger charge is -2.22. The van der Waals surface area contributed by atoms with E-state index in [2.05, 4.69) is 5.32 Å². The first-order chi connectivity index (χ1) is 8.46. The van der Waals surface area contributed by atoms with Gasteiger partial charge in [-0.2, -0.15) is 4.31 Å². The number of furan rings is 1. The average molecular weight is 272 g/mol. The molecular weight excluding hydrogens is 252 g/mol. The van der Waals surface area contributed by atoms with E-state index in [1.165, 1.54) is 10.4 Å². The van der Waals surface area contributed by atoms with Crippen LogP contribution in [0, 0.1) is 5.92 Å². The molecule has 102 valence electrons. The van der Waals surface area contributed by atoms with Gasteiger partial charge in [-0.25, -0.2) is 8.42 Å². The molecule has 1 aromatic rings. The van der Waals surface area contributed by atoms with Crippen LogP contribution < -0.4 is 5.32 Å². The molecule has 0 amide bonds. The molecule has 2 rings (SSSR count). The maximum absolute atomic E-state index is 12.3. The van der Waals surface area contributed by atoms with Gasteiger partial charge in [0.15, 0.2) is 0 Å². The third-order valence-electron chi connectivity index (χ3n) is 3.50. The molecular formula is C12H20N2O3S. The molecule has 0 saturated heterocycles. The quantitative estimate of drug-likeness (QED) is 0.850. The molecule has 5 nitrogen and oxygen atoms in total. The van der Waals surface area contributed by atoms with Crippen LogP contribution in [0.2, 0.25) is 0 Å². The molecule has 1 atom stereocenters. The van der Waals surface area contributed by atoms with Crippen LogP contribution in [0.1, 0.15) is 25.5 Å². The molecule has 0 aliphatic heterocycles. The van der Waals surface area contributed by atoms with Crippen molar-refractivity contribution in [3.8, 4) is 0 Å². The van der Waals surface area contributed by atoms with Crippen molar-refractivity contribution >= 4 is 10.0 Å². The van der Waals surface area contributed by atoms with Gasteiger partial charge in [0.25, 0.3) is 10.0 Å². The molecule has 0 radical (unpaired) electrons. The van der Waals surface area contributed by atoms with Gasteiger partial charge in [-0.3, -0.25) is 0 Å². The summed E-state index contributed by atoms with van der Waals surface area (Å²) >= 11 is 0. The van der Waals surface area contributed by atoms with Crippen LogP contribution in [0.3, 0.4) is 0 Å². The van der Waals surface area contributed by atoms with E-state index in [1.54, 1.807) is 20.2 Å². The number of hydrogen-bond acceptors (Lipinski definition) is 4. The lowest BCUT2D eigenvalue weighted by Crippen LogP contribution is -2.36. The first kappa shape index (κ1) is 13.6. The maximum atomic E-state index is 12.3. The van der Waals surface area contributed by atoms with Crippen molar-refractivity contribution < 1.29 is 12.8 Å². The molecule has 1 aliphatic carbocycles. The summed E-state index contributed by atoms with van der Waals surface area (Å²) in [7, 11) is -0.0886. The lowest BCUT2D eigenvalue weighted by atomic mass is 10.2. The Kier molecular flexibility index (Phi) is 3.79. The SMILES string of the molecule is CNCc1ccc(S(=O)(=O)N(C)C(C)C2CC2)o1. The maximum Gasteiger partial charge on any atom is 0.276 e. The van der Waals surface area contributed by atoms with E-state index in [9.17, 15) is 8.42 Å². The van der Waals surface area contributed by atoms with Gasteiger partial charge in [0, 0.05) is 13.1 Å². The van der Waals surface area contributed by atoms with Gasteiger partial charge in [-0.05, 0) is 44.9 Å². The van der Waals surface area contributed by atoms with Crippen molar-refractivity contribution in [1.29, 1.82) is 0 Å². The zero-order chi connectivity index (χ0) is 13.3. The standard InChI is InChI=1S/C12H20N2O3S/c1-9(10-4-5-10)14(3)18(15,16)12-7-6-11(17-12)8-13-2/h6-7,9-10,13H,4-5,8H2,1-3H3. The first-order valence-corrected chi connectivity index (χ1v) is 7.62. The number of rotatable bonds is 6. The molecule has 1 aromatic heterocycles. The molecule has 1 heterocycles. The van der Waals surface area contributed by atoms with Gasteiger partial charge in [0.1, 0.15) is 5.76 Å². The Bertz CT molecular complexity index is 505. The molecule has 1 saturated carbocycles. The second-order valence-electron chi connectivity index (χ2n) is 4.85. The van der Waals surface area contributed by atoms with Crippen molar-refractivity contribution in [2.75, 3.05) is 14.1 Å². The molecule has 1 fully saturated rings. The highest BCUT2D eigenvalue weighted by molar-refractivity contribution is 7.89. The smallest absolute Gasteiger partial charge is 0.276 e. The average Bonchev–Trinajstić information content (AvgIpc) is 3.07. The Balaban J connectivity index is 2.17. The van der Waals surface area contributed by atoms with Crippen LogP contribution in [0.4, 0.5) is 0 Å². The van der Waals surface area contributed by atoms with Crippen LogP contribution in [0.15, 0.2) is 21.6 Å². The summed E-state index contributed by atoms with van der Waals surface area (Å²) in [6.07, 6.45) is 2.23. The lowest BCUT2D eigenvalue weighted by molar-refractivity contribution is 0.334. The van der Waals surface area contributed by atoms with Gasteiger partial charge in [0.05, 0.1) is 6.54 Å². The minimum atomic E-state index is -3.50. The predicted octanol–water partition coefficient (Wildman–Crippen LogP) is 1.42. The topological polar surface area (TPSA) is 62.6 Å². The minimum Gasteiger partial charge on any atom is -0.447 e. The highest BCUT2D eigenvalue weighted by Gasteiger charge is 2.37. The Morgan fingerprint density at radius 1 is 1.50 bits per heavy atom. The molecule has 1 unspecified atom stereocenters. The summed E-state index contributed by atoms with van der Waals surface area (Å²) < 4.78 is 31.5. The van der Waals surface area contributed by atoms with Crippen molar-refractivity contribution in [3.05, 3.63) is 17.9 Å². The van der Waals surface area contributed by atoms with E-state index in [0.717, 1.165) is 12.8 Å². The number of sulfonamides is 1. The summed E-state index contributed by atoms with van der Waals surface area (Å²) in [5.74, 6) is 1.13. The summed E-state index contributed by atoms with van der Waals surface area (Å²) in [4.78, 5) is 0. The monoisotopic (exact) mass is 272 g/mol. The zero-order valence-electron chi connectivity index (χ0n) is 11.0. The van der Waals surface area contributed by atoms with Crippen LogP contribution in [0.25, 0.3) is 0 Å². The van der Waals surface area contributed by atoms with E-state index in [4.69, 9.17) is 4.42 Å². The van der Waals surface area contributed by atoms with Crippen molar-refractivity contribution in [2.45, 2.75) is 37.4 Å². The molecule has 1 N–H and O–H groups in total. The second kappa shape index (κ2) is 5.03. The minimum absolute atomic E-state index is 0.0303. The van der Waals surface area contributed by atoms with E-state index in [0.29, 0.717) is 18.2 Å². The van der Waals surface area contributed by atoms with E-state index in [-0.39, 0.29) is 11.1 Å². The highest BCUT2D eigenvalue weighted by atomic mass is 32.2. The van der Waals surface area contributed by atoms with Crippen LogP contribution in [-0.4, -0.2) is 32.9 Å². The number of hydrogen-bond donors (Lipinski definition) is 1. The van der Waals surface area contributed by atoms with Gasteiger partial charge >= 0.3 is 0 Å². The van der Waals surface area contributed by atoms with E-state index >= 15 is 0 Å². The predicted molar refractivity (Wildman–Crippen MR) is 68.6 cm³/mol. The highest BCUT2D eigenvalue weighted by Crippen LogP contribution is 2.36. The van der Waals surface area contributed by atoms with Crippen molar-refractivity contribution in [2.24, 2.45) is 5.92 Å².